The molecule has 2 aromatic heterocycles. The maximum absolute atomic E-state index is 2.58. The van der Waals surface area contributed by atoms with Gasteiger partial charge < -0.3 is 0 Å². The highest BCUT2D eigenvalue weighted by atomic mass is 15.0. The molecule has 8 rings (SSSR count). The fourth-order valence-corrected chi connectivity index (χ4v) is 9.62. The third kappa shape index (κ3) is 5.85. The summed E-state index contributed by atoms with van der Waals surface area (Å²) in [6.45, 7) is 14.5. The molecule has 0 N–H and O–H groups in total. The number of fused-ring (bicyclic) bond motifs is 2. The molecule has 0 spiro atoms. The van der Waals surface area contributed by atoms with Gasteiger partial charge in [0.05, 0.1) is 21.9 Å². The lowest BCUT2D eigenvalue weighted by atomic mass is 9.87. The van der Waals surface area contributed by atoms with Gasteiger partial charge in [-0.2, -0.15) is 4.57 Å². The molecule has 0 saturated heterocycles. The van der Waals surface area contributed by atoms with E-state index in [-0.39, 0.29) is 0 Å². The van der Waals surface area contributed by atoms with Gasteiger partial charge in [0.15, 0.2) is 18.9 Å². The minimum Gasteiger partial charge on any atom is -0.200 e. The van der Waals surface area contributed by atoms with Gasteiger partial charge >= 0.3 is 0 Å². The van der Waals surface area contributed by atoms with E-state index in [1.807, 2.05) is 0 Å². The SMILES string of the molecule is Cc1cc(C)c(C)c(-c2c3cc(C[n+]4ccc5cc(C6CCCC6)ccc5c4-c4cc(C)cc(C)c4C)cc(C4CCCC4)c3cc[n+]2C)c1. The molecule has 0 atom stereocenters. The van der Waals surface area contributed by atoms with Crippen molar-refractivity contribution in [2.75, 3.05) is 0 Å². The molecule has 2 aliphatic rings. The zero-order chi connectivity index (χ0) is 34.7. The average molecular weight is 659 g/mol. The van der Waals surface area contributed by atoms with Gasteiger partial charge in [-0.15, -0.1) is 0 Å². The highest BCUT2D eigenvalue weighted by Gasteiger charge is 2.28. The molecule has 0 unspecified atom stereocenters. The second kappa shape index (κ2) is 13.1. The van der Waals surface area contributed by atoms with Crippen molar-refractivity contribution in [3.05, 3.63) is 129 Å². The summed E-state index contributed by atoms with van der Waals surface area (Å²) in [6, 6.07) is 26.7. The molecule has 2 saturated carbocycles. The Morgan fingerprint density at radius 1 is 0.560 bits per heavy atom. The number of aromatic nitrogens is 2. The molecule has 0 radical (unpaired) electrons. The van der Waals surface area contributed by atoms with Gasteiger partial charge in [0.25, 0.3) is 0 Å². The van der Waals surface area contributed by atoms with Gasteiger partial charge in [-0.05, 0) is 154 Å². The Morgan fingerprint density at radius 2 is 1.18 bits per heavy atom. The molecular weight excluding hydrogens is 605 g/mol. The van der Waals surface area contributed by atoms with E-state index in [0.717, 1.165) is 6.54 Å². The largest absolute Gasteiger partial charge is 0.220 e. The fraction of sp³-hybridized carbons (Fsp3) is 0.375. The summed E-state index contributed by atoms with van der Waals surface area (Å²) in [5.74, 6) is 1.33. The van der Waals surface area contributed by atoms with Crippen molar-refractivity contribution >= 4 is 21.5 Å². The zero-order valence-electron chi connectivity index (χ0n) is 31.4. The Bertz CT molecular complexity index is 2280. The van der Waals surface area contributed by atoms with Crippen LogP contribution >= 0.6 is 0 Å². The Kier molecular flexibility index (Phi) is 8.62. The van der Waals surface area contributed by atoms with Crippen LogP contribution in [0.4, 0.5) is 0 Å². The van der Waals surface area contributed by atoms with Crippen LogP contribution in [-0.4, -0.2) is 0 Å². The summed E-state index contributed by atoms with van der Waals surface area (Å²) in [7, 11) is 2.23. The van der Waals surface area contributed by atoms with Crippen molar-refractivity contribution < 1.29 is 9.13 Å². The number of benzene rings is 4. The predicted molar refractivity (Wildman–Crippen MR) is 210 cm³/mol. The number of aryl methyl sites for hydroxylation is 5. The summed E-state index contributed by atoms with van der Waals surface area (Å²) < 4.78 is 4.92. The third-order valence-corrected chi connectivity index (χ3v) is 12.5. The van der Waals surface area contributed by atoms with Gasteiger partial charge in [-0.1, -0.05) is 61.1 Å². The van der Waals surface area contributed by atoms with Crippen molar-refractivity contribution in [1.82, 2.24) is 0 Å². The summed E-state index contributed by atoms with van der Waals surface area (Å²) in [4.78, 5) is 0. The van der Waals surface area contributed by atoms with Crippen molar-refractivity contribution in [3.8, 4) is 22.5 Å². The molecule has 4 aromatic carbocycles. The number of pyridine rings is 2. The first-order chi connectivity index (χ1) is 24.2. The molecule has 0 aliphatic heterocycles. The van der Waals surface area contributed by atoms with E-state index >= 15 is 0 Å². The molecule has 2 heterocycles. The first-order valence-corrected chi connectivity index (χ1v) is 19.2. The first-order valence-electron chi connectivity index (χ1n) is 19.2. The minimum atomic E-state index is 0.620. The molecule has 0 bridgehead atoms. The summed E-state index contributed by atoms with van der Waals surface area (Å²) in [5.41, 5.74) is 18.0. The number of rotatable bonds is 6. The fourth-order valence-electron chi connectivity index (χ4n) is 9.62. The van der Waals surface area contributed by atoms with Crippen molar-refractivity contribution in [2.45, 2.75) is 111 Å². The second-order valence-corrected chi connectivity index (χ2v) is 16.0. The Hall–Kier alpha value is -4.30. The van der Waals surface area contributed by atoms with Gasteiger partial charge in [0, 0.05) is 17.7 Å². The van der Waals surface area contributed by atoms with E-state index in [2.05, 4.69) is 137 Å². The number of hydrogen-bond acceptors (Lipinski definition) is 0. The summed E-state index contributed by atoms with van der Waals surface area (Å²) >= 11 is 0. The predicted octanol–water partition coefficient (Wildman–Crippen LogP) is 11.7. The standard InChI is InChI=1S/C48H54N2/c1-30-22-32(3)34(5)43(24-30)47-46-27-36(26-45(38-14-10-11-15-38)42(46)19-20-49(47)7)29-50-21-18-40-28-39(37-12-8-9-13-37)16-17-41(40)48(50)44-25-31(2)23-33(4)35(44)6/h16-28,37-38H,8-15,29H2,1-7H3/q+2. The highest BCUT2D eigenvalue weighted by Crippen LogP contribution is 2.41. The van der Waals surface area contributed by atoms with Crippen LogP contribution in [0.15, 0.2) is 79.1 Å². The lowest BCUT2D eigenvalue weighted by Crippen LogP contribution is -2.37. The minimum absolute atomic E-state index is 0.620. The van der Waals surface area contributed by atoms with Crippen molar-refractivity contribution in [2.24, 2.45) is 7.05 Å². The monoisotopic (exact) mass is 658 g/mol. The Labute approximate surface area is 299 Å². The average Bonchev–Trinajstić information content (AvgIpc) is 3.84. The highest BCUT2D eigenvalue weighted by molar-refractivity contribution is 5.97. The van der Waals surface area contributed by atoms with Crippen LogP contribution < -0.4 is 9.13 Å². The molecule has 6 aromatic rings. The number of hydrogen-bond donors (Lipinski definition) is 0. The molecule has 2 heteroatoms. The Morgan fingerprint density at radius 3 is 1.84 bits per heavy atom. The van der Waals surface area contributed by atoms with Crippen LogP contribution in [0.5, 0.6) is 0 Å². The van der Waals surface area contributed by atoms with Crippen molar-refractivity contribution in [3.63, 3.8) is 0 Å². The summed E-state index contributed by atoms with van der Waals surface area (Å²) in [6.07, 6.45) is 15.3. The smallest absolute Gasteiger partial charge is 0.200 e. The van der Waals surface area contributed by atoms with Crippen LogP contribution in [0.3, 0.4) is 0 Å². The van der Waals surface area contributed by atoms with Crippen molar-refractivity contribution in [1.29, 1.82) is 0 Å². The van der Waals surface area contributed by atoms with Crippen LogP contribution in [0.1, 0.15) is 113 Å². The zero-order valence-corrected chi connectivity index (χ0v) is 31.4. The van der Waals surface area contributed by atoms with Gasteiger partial charge in [0.2, 0.25) is 11.4 Å². The molecule has 50 heavy (non-hydrogen) atoms. The lowest BCUT2D eigenvalue weighted by molar-refractivity contribution is -0.676. The maximum Gasteiger partial charge on any atom is 0.220 e. The topological polar surface area (TPSA) is 7.76 Å². The van der Waals surface area contributed by atoms with Crippen LogP contribution in [0, 0.1) is 41.5 Å². The van der Waals surface area contributed by atoms with Gasteiger partial charge in [-0.3, -0.25) is 0 Å². The lowest BCUT2D eigenvalue weighted by Gasteiger charge is -2.18. The maximum atomic E-state index is 2.58. The number of nitrogens with zero attached hydrogens (tertiary/aromatic N) is 2. The van der Waals surface area contributed by atoms with E-state index in [9.17, 15) is 0 Å². The quantitative estimate of drug-likeness (QED) is 0.157. The third-order valence-electron chi connectivity index (χ3n) is 12.5. The molecule has 0 amide bonds. The van der Waals surface area contributed by atoms with E-state index in [1.54, 1.807) is 5.56 Å². The molecule has 2 nitrogen and oxygen atoms in total. The molecular formula is C48H54N2+2. The van der Waals surface area contributed by atoms with E-state index in [0.29, 0.717) is 11.8 Å². The van der Waals surface area contributed by atoms with Crippen LogP contribution in [0.2, 0.25) is 0 Å². The Balaban J connectivity index is 1.36. The molecule has 254 valence electrons. The molecule has 2 aliphatic carbocycles. The van der Waals surface area contributed by atoms with Crippen LogP contribution in [0.25, 0.3) is 44.1 Å². The normalized spacial score (nSPS) is 15.6. The van der Waals surface area contributed by atoms with E-state index < -0.39 is 0 Å². The second-order valence-electron chi connectivity index (χ2n) is 16.0. The van der Waals surface area contributed by atoms with E-state index in [1.165, 1.54) is 140 Å². The van der Waals surface area contributed by atoms with E-state index in [4.69, 9.17) is 0 Å². The van der Waals surface area contributed by atoms with Gasteiger partial charge in [0.1, 0.15) is 7.05 Å². The van der Waals surface area contributed by atoms with Crippen LogP contribution in [-0.2, 0) is 13.6 Å². The molecule has 2 fully saturated rings. The van der Waals surface area contributed by atoms with Gasteiger partial charge in [-0.25, -0.2) is 4.57 Å². The first kappa shape index (κ1) is 32.9. The summed E-state index contributed by atoms with van der Waals surface area (Å²) in [5, 5.41) is 5.54.